The summed E-state index contributed by atoms with van der Waals surface area (Å²) < 4.78 is 0. The van der Waals surface area contributed by atoms with E-state index in [0.29, 0.717) is 5.25 Å². The minimum Gasteiger partial charge on any atom is -0.143 e. The molecule has 0 aliphatic heterocycles. The highest BCUT2D eigenvalue weighted by atomic mass is 32.2. The van der Waals surface area contributed by atoms with Crippen LogP contribution in [-0.4, -0.2) is 5.25 Å². The van der Waals surface area contributed by atoms with Crippen molar-refractivity contribution in [1.29, 1.82) is 0 Å². The second-order valence-corrected chi connectivity index (χ2v) is 8.86. The van der Waals surface area contributed by atoms with Gasteiger partial charge < -0.3 is 0 Å². The summed E-state index contributed by atoms with van der Waals surface area (Å²) in [6.45, 7) is 13.8. The molecule has 0 saturated heterocycles. The Hall–Kier alpha value is -2.42. The predicted octanol–water partition coefficient (Wildman–Crippen LogP) is 8.87. The molecule has 2 aromatic carbocycles. The van der Waals surface area contributed by atoms with Crippen LogP contribution in [0.1, 0.15) is 19.8 Å². The Morgan fingerprint density at radius 1 is 0.900 bits per heavy atom. The molecule has 2 aromatic rings. The number of allylic oxidation sites excluding steroid dienone is 8. The topological polar surface area (TPSA) is 0 Å². The molecule has 0 heterocycles. The van der Waals surface area contributed by atoms with Crippen molar-refractivity contribution in [2.24, 2.45) is 0 Å². The number of thiol groups is 1. The third-order valence-electron chi connectivity index (χ3n) is 4.58. The standard InChI is InChI=1S/C28H30S2/c1-5-8-9-10-23(6-2)11-12-24(7-3)21-22(4)30-28-19-15-26(16-20-28)25-13-17-27(29)18-14-25/h5-9,11,13-22,29H,1-3,10,12H2,4H3/b9-8-,23-11+,24-21-. The molecule has 0 aliphatic rings. The van der Waals surface area contributed by atoms with E-state index in [9.17, 15) is 0 Å². The maximum absolute atomic E-state index is 4.35. The molecule has 0 bridgehead atoms. The van der Waals surface area contributed by atoms with Crippen LogP contribution in [0.15, 0.2) is 132 Å². The van der Waals surface area contributed by atoms with Crippen LogP contribution in [0.25, 0.3) is 11.1 Å². The van der Waals surface area contributed by atoms with E-state index < -0.39 is 0 Å². The third-order valence-corrected chi connectivity index (χ3v) is 5.93. The fourth-order valence-corrected chi connectivity index (χ4v) is 4.06. The summed E-state index contributed by atoms with van der Waals surface area (Å²) in [6.07, 6.45) is 15.9. The molecule has 2 heteroatoms. The Morgan fingerprint density at radius 2 is 1.50 bits per heavy atom. The van der Waals surface area contributed by atoms with Crippen LogP contribution in [0.5, 0.6) is 0 Å². The van der Waals surface area contributed by atoms with Crippen LogP contribution >= 0.6 is 24.4 Å². The van der Waals surface area contributed by atoms with Gasteiger partial charge in [0.1, 0.15) is 0 Å². The summed E-state index contributed by atoms with van der Waals surface area (Å²) >= 11 is 6.20. The van der Waals surface area contributed by atoms with E-state index in [1.165, 1.54) is 27.2 Å². The summed E-state index contributed by atoms with van der Waals surface area (Å²) in [4.78, 5) is 2.24. The van der Waals surface area contributed by atoms with Gasteiger partial charge in [0.15, 0.2) is 0 Å². The van der Waals surface area contributed by atoms with Gasteiger partial charge in [0.25, 0.3) is 0 Å². The van der Waals surface area contributed by atoms with Gasteiger partial charge in [-0.2, -0.15) is 0 Å². The van der Waals surface area contributed by atoms with Crippen molar-refractivity contribution in [2.75, 3.05) is 0 Å². The number of hydrogen-bond donors (Lipinski definition) is 1. The van der Waals surface area contributed by atoms with Gasteiger partial charge in [-0.1, -0.05) is 86.5 Å². The van der Waals surface area contributed by atoms with E-state index in [0.717, 1.165) is 17.7 Å². The average molecular weight is 431 g/mol. The van der Waals surface area contributed by atoms with Gasteiger partial charge >= 0.3 is 0 Å². The molecule has 0 radical (unpaired) electrons. The van der Waals surface area contributed by atoms with E-state index in [2.05, 4.69) is 93.9 Å². The molecular weight excluding hydrogens is 400 g/mol. The predicted molar refractivity (Wildman–Crippen MR) is 140 cm³/mol. The lowest BCUT2D eigenvalue weighted by molar-refractivity contribution is 1.15. The van der Waals surface area contributed by atoms with Crippen molar-refractivity contribution < 1.29 is 0 Å². The third kappa shape index (κ3) is 8.14. The molecule has 0 nitrogen and oxygen atoms in total. The molecule has 0 fully saturated rings. The summed E-state index contributed by atoms with van der Waals surface area (Å²) in [5, 5.41) is 0.355. The lowest BCUT2D eigenvalue weighted by Gasteiger charge is -2.10. The van der Waals surface area contributed by atoms with Crippen LogP contribution in [-0.2, 0) is 0 Å². The Balaban J connectivity index is 2.00. The molecule has 0 saturated carbocycles. The number of rotatable bonds is 11. The van der Waals surface area contributed by atoms with Crippen molar-refractivity contribution in [3.63, 3.8) is 0 Å². The summed E-state index contributed by atoms with van der Waals surface area (Å²) in [5.41, 5.74) is 4.86. The molecule has 0 amide bonds. The summed E-state index contributed by atoms with van der Waals surface area (Å²) in [6, 6.07) is 17.0. The molecule has 0 aromatic heterocycles. The first-order valence-electron chi connectivity index (χ1n) is 10.0. The van der Waals surface area contributed by atoms with Gasteiger partial charge in [0.05, 0.1) is 0 Å². The number of thioether (sulfide) groups is 1. The molecule has 0 spiro atoms. The van der Waals surface area contributed by atoms with Crippen molar-refractivity contribution in [1.82, 2.24) is 0 Å². The van der Waals surface area contributed by atoms with Crippen LogP contribution in [0.3, 0.4) is 0 Å². The van der Waals surface area contributed by atoms with Crippen molar-refractivity contribution >= 4 is 24.4 Å². The zero-order valence-electron chi connectivity index (χ0n) is 17.6. The molecule has 1 atom stereocenters. The van der Waals surface area contributed by atoms with Crippen LogP contribution in [0.2, 0.25) is 0 Å². The fourth-order valence-electron chi connectivity index (χ4n) is 2.95. The lowest BCUT2D eigenvalue weighted by atomic mass is 10.1. The fraction of sp³-hybridized carbons (Fsp3) is 0.143. The van der Waals surface area contributed by atoms with Crippen LogP contribution < -0.4 is 0 Å². The summed E-state index contributed by atoms with van der Waals surface area (Å²) in [5.74, 6) is 0. The van der Waals surface area contributed by atoms with E-state index in [1.54, 1.807) is 6.08 Å². The Labute approximate surface area is 191 Å². The number of benzene rings is 2. The van der Waals surface area contributed by atoms with Crippen molar-refractivity contribution in [2.45, 2.75) is 34.8 Å². The molecule has 0 N–H and O–H groups in total. The van der Waals surface area contributed by atoms with Gasteiger partial charge in [0, 0.05) is 15.0 Å². The minimum atomic E-state index is 0.355. The Kier molecular flexibility index (Phi) is 10.3. The molecule has 0 aliphatic carbocycles. The van der Waals surface area contributed by atoms with E-state index >= 15 is 0 Å². The lowest BCUT2D eigenvalue weighted by Crippen LogP contribution is -1.93. The quantitative estimate of drug-likeness (QED) is 0.211. The van der Waals surface area contributed by atoms with Crippen molar-refractivity contribution in [3.05, 3.63) is 122 Å². The SMILES string of the molecule is C=C/C=C\C/C(C=C)=C/C/C(C=C)=C\C(C)Sc1ccc(-c2ccc(S)cc2)cc1. The first-order valence-corrected chi connectivity index (χ1v) is 11.4. The average Bonchev–Trinajstić information content (AvgIpc) is 2.76. The van der Waals surface area contributed by atoms with Crippen LogP contribution in [0, 0.1) is 0 Å². The molecule has 2 rings (SSSR count). The normalized spacial score (nSPS) is 13.3. The van der Waals surface area contributed by atoms with Gasteiger partial charge in [-0.3, -0.25) is 0 Å². The summed E-state index contributed by atoms with van der Waals surface area (Å²) in [7, 11) is 0. The maximum Gasteiger partial charge on any atom is 0.0251 e. The van der Waals surface area contributed by atoms with Gasteiger partial charge in [-0.05, 0) is 66.3 Å². The van der Waals surface area contributed by atoms with E-state index in [4.69, 9.17) is 0 Å². The van der Waals surface area contributed by atoms with Crippen LogP contribution in [0.4, 0.5) is 0 Å². The van der Waals surface area contributed by atoms with Gasteiger partial charge in [-0.25, -0.2) is 0 Å². The molecule has 1 unspecified atom stereocenters. The monoisotopic (exact) mass is 430 g/mol. The van der Waals surface area contributed by atoms with E-state index in [1.807, 2.05) is 42.1 Å². The highest BCUT2D eigenvalue weighted by Crippen LogP contribution is 2.29. The maximum atomic E-state index is 4.35. The zero-order valence-corrected chi connectivity index (χ0v) is 19.3. The minimum absolute atomic E-state index is 0.355. The van der Waals surface area contributed by atoms with E-state index in [-0.39, 0.29) is 0 Å². The van der Waals surface area contributed by atoms with Crippen molar-refractivity contribution in [3.8, 4) is 11.1 Å². The van der Waals surface area contributed by atoms with Gasteiger partial charge in [-0.15, -0.1) is 24.4 Å². The number of hydrogen-bond acceptors (Lipinski definition) is 2. The zero-order chi connectivity index (χ0) is 21.8. The molecule has 154 valence electrons. The second-order valence-electron chi connectivity index (χ2n) is 6.90. The smallest absolute Gasteiger partial charge is 0.0251 e. The Bertz CT molecular complexity index is 926. The molecule has 30 heavy (non-hydrogen) atoms. The van der Waals surface area contributed by atoms with Gasteiger partial charge in [0.2, 0.25) is 0 Å². The highest BCUT2D eigenvalue weighted by Gasteiger charge is 2.04. The first kappa shape index (κ1) is 23.9. The first-order chi connectivity index (χ1) is 14.5. The Morgan fingerprint density at radius 3 is 2.07 bits per heavy atom. The molecular formula is C28H30S2. The highest BCUT2D eigenvalue weighted by molar-refractivity contribution is 8.00. The second kappa shape index (κ2) is 13.0. The largest absolute Gasteiger partial charge is 0.143 e.